The molecule has 18 heavy (non-hydrogen) atoms. The summed E-state index contributed by atoms with van der Waals surface area (Å²) >= 11 is 0. The van der Waals surface area contributed by atoms with E-state index in [9.17, 15) is 0 Å². The molecule has 2 aromatic carbocycles. The molecule has 2 nitrogen and oxygen atoms in total. The number of hydrogen-bond acceptors (Lipinski definition) is 2. The third-order valence-electron chi connectivity index (χ3n) is 3.31. The van der Waals surface area contributed by atoms with Gasteiger partial charge in [0.25, 0.3) is 0 Å². The number of furan rings is 2. The van der Waals surface area contributed by atoms with Crippen molar-refractivity contribution in [3.8, 4) is 11.1 Å². The summed E-state index contributed by atoms with van der Waals surface area (Å²) in [5, 5.41) is 4.51. The zero-order valence-electron chi connectivity index (χ0n) is 9.59. The number of benzene rings is 2. The zero-order chi connectivity index (χ0) is 11.9. The molecule has 2 heterocycles. The minimum atomic E-state index is 1.12. The molecule has 0 unspecified atom stereocenters. The van der Waals surface area contributed by atoms with Gasteiger partial charge in [-0.3, -0.25) is 0 Å². The minimum absolute atomic E-state index is 1.12. The quantitative estimate of drug-likeness (QED) is 0.470. The average Bonchev–Trinajstić information content (AvgIpc) is 3.05. The molecule has 0 amide bonds. The van der Waals surface area contributed by atoms with Crippen molar-refractivity contribution in [2.75, 3.05) is 0 Å². The Hall–Kier alpha value is -2.48. The van der Waals surface area contributed by atoms with Crippen LogP contribution in [0.3, 0.4) is 0 Å². The monoisotopic (exact) mass is 234 g/mol. The van der Waals surface area contributed by atoms with Gasteiger partial charge in [0.15, 0.2) is 0 Å². The Balaban J connectivity index is 2.03. The van der Waals surface area contributed by atoms with Crippen molar-refractivity contribution < 1.29 is 8.83 Å². The maximum atomic E-state index is 5.28. The largest absolute Gasteiger partial charge is 0.471 e. The Kier molecular flexibility index (Phi) is 1.86. The highest BCUT2D eigenvalue weighted by Crippen LogP contribution is 2.31. The predicted molar refractivity (Wildman–Crippen MR) is 71.4 cm³/mol. The highest BCUT2D eigenvalue weighted by Gasteiger charge is 2.06. The second-order valence-electron chi connectivity index (χ2n) is 4.40. The molecule has 0 aliphatic carbocycles. The SMILES string of the molecule is c1cc(-c2ccc3cocc3c2)c2cocc2c1. The Labute approximate surface area is 103 Å². The van der Waals surface area contributed by atoms with Crippen molar-refractivity contribution in [3.05, 3.63) is 61.5 Å². The molecule has 2 heteroatoms. The highest BCUT2D eigenvalue weighted by atomic mass is 16.3. The molecule has 0 spiro atoms. The van der Waals surface area contributed by atoms with Crippen molar-refractivity contribution in [3.63, 3.8) is 0 Å². The van der Waals surface area contributed by atoms with E-state index in [2.05, 4.69) is 30.3 Å². The fraction of sp³-hybridized carbons (Fsp3) is 0. The van der Waals surface area contributed by atoms with Gasteiger partial charge < -0.3 is 8.83 Å². The standard InChI is InChI=1S/C16H10O2/c1-2-13-8-18-10-16(13)15(3-1)11-4-5-12-7-17-9-14(12)6-11/h1-10H. The number of hydrogen-bond donors (Lipinski definition) is 0. The summed E-state index contributed by atoms with van der Waals surface area (Å²) in [5.74, 6) is 0. The fourth-order valence-corrected chi connectivity index (χ4v) is 2.38. The van der Waals surface area contributed by atoms with Gasteiger partial charge in [0.2, 0.25) is 0 Å². The smallest absolute Gasteiger partial charge is 0.0987 e. The van der Waals surface area contributed by atoms with Crippen LogP contribution in [0.2, 0.25) is 0 Å². The second-order valence-corrected chi connectivity index (χ2v) is 4.40. The first kappa shape index (κ1) is 9.54. The number of fused-ring (bicyclic) bond motifs is 2. The van der Waals surface area contributed by atoms with Gasteiger partial charge in [-0.1, -0.05) is 30.3 Å². The average molecular weight is 234 g/mol. The van der Waals surface area contributed by atoms with Crippen LogP contribution in [0.15, 0.2) is 70.3 Å². The molecule has 0 saturated heterocycles. The van der Waals surface area contributed by atoms with Crippen LogP contribution in [0.4, 0.5) is 0 Å². The van der Waals surface area contributed by atoms with E-state index in [0.717, 1.165) is 21.5 Å². The highest BCUT2D eigenvalue weighted by molar-refractivity contribution is 5.98. The Morgan fingerprint density at radius 1 is 0.667 bits per heavy atom. The van der Waals surface area contributed by atoms with E-state index >= 15 is 0 Å². The first-order valence-electron chi connectivity index (χ1n) is 5.83. The van der Waals surface area contributed by atoms with Crippen molar-refractivity contribution in [1.29, 1.82) is 0 Å². The molecule has 0 saturated carbocycles. The first-order valence-corrected chi connectivity index (χ1v) is 5.83. The summed E-state index contributed by atoms with van der Waals surface area (Å²) in [6, 6.07) is 12.5. The molecule has 0 bridgehead atoms. The van der Waals surface area contributed by atoms with E-state index < -0.39 is 0 Å². The molecule has 4 rings (SSSR count). The lowest BCUT2D eigenvalue weighted by molar-refractivity contribution is 0.572. The summed E-state index contributed by atoms with van der Waals surface area (Å²) in [5.41, 5.74) is 2.36. The van der Waals surface area contributed by atoms with Gasteiger partial charge >= 0.3 is 0 Å². The minimum Gasteiger partial charge on any atom is -0.471 e. The summed E-state index contributed by atoms with van der Waals surface area (Å²) in [6.45, 7) is 0. The molecule has 0 atom stereocenters. The van der Waals surface area contributed by atoms with Crippen LogP contribution in [0.25, 0.3) is 32.7 Å². The molecule has 0 N–H and O–H groups in total. The fourth-order valence-electron chi connectivity index (χ4n) is 2.38. The van der Waals surface area contributed by atoms with E-state index in [-0.39, 0.29) is 0 Å². The van der Waals surface area contributed by atoms with Gasteiger partial charge in [0, 0.05) is 21.5 Å². The molecular weight excluding hydrogens is 224 g/mol. The topological polar surface area (TPSA) is 26.3 Å². The van der Waals surface area contributed by atoms with Crippen molar-refractivity contribution in [2.45, 2.75) is 0 Å². The first-order chi connectivity index (χ1) is 8.92. The van der Waals surface area contributed by atoms with Crippen molar-refractivity contribution in [1.82, 2.24) is 0 Å². The lowest BCUT2D eigenvalue weighted by Crippen LogP contribution is -1.78. The Morgan fingerprint density at radius 3 is 2.50 bits per heavy atom. The van der Waals surface area contributed by atoms with E-state index in [4.69, 9.17) is 8.83 Å². The summed E-state index contributed by atoms with van der Waals surface area (Å²) < 4.78 is 10.5. The number of rotatable bonds is 1. The van der Waals surface area contributed by atoms with E-state index in [1.54, 1.807) is 25.1 Å². The van der Waals surface area contributed by atoms with Crippen LogP contribution >= 0.6 is 0 Å². The van der Waals surface area contributed by atoms with E-state index in [1.807, 2.05) is 6.07 Å². The summed E-state index contributed by atoms with van der Waals surface area (Å²) in [4.78, 5) is 0. The lowest BCUT2D eigenvalue weighted by atomic mass is 10.00. The van der Waals surface area contributed by atoms with Crippen LogP contribution in [0.5, 0.6) is 0 Å². The maximum Gasteiger partial charge on any atom is 0.0987 e. The van der Waals surface area contributed by atoms with Gasteiger partial charge in [0.1, 0.15) is 0 Å². The summed E-state index contributed by atoms with van der Waals surface area (Å²) in [7, 11) is 0. The Morgan fingerprint density at radius 2 is 1.50 bits per heavy atom. The van der Waals surface area contributed by atoms with Crippen LogP contribution in [-0.2, 0) is 0 Å². The Bertz CT molecular complexity index is 836. The molecule has 0 aliphatic rings. The normalized spacial score (nSPS) is 11.3. The molecule has 0 fully saturated rings. The van der Waals surface area contributed by atoms with Gasteiger partial charge in [0.05, 0.1) is 25.1 Å². The van der Waals surface area contributed by atoms with Crippen LogP contribution in [0, 0.1) is 0 Å². The molecule has 4 aromatic rings. The molecule has 86 valence electrons. The van der Waals surface area contributed by atoms with Gasteiger partial charge in [-0.2, -0.15) is 0 Å². The molecule has 2 aromatic heterocycles. The van der Waals surface area contributed by atoms with Crippen LogP contribution in [0.1, 0.15) is 0 Å². The van der Waals surface area contributed by atoms with E-state index in [1.165, 1.54) is 11.1 Å². The lowest BCUT2D eigenvalue weighted by Gasteiger charge is -2.03. The van der Waals surface area contributed by atoms with Gasteiger partial charge in [-0.15, -0.1) is 0 Å². The predicted octanol–water partition coefficient (Wildman–Crippen LogP) is 4.85. The van der Waals surface area contributed by atoms with E-state index in [0.29, 0.717) is 0 Å². The maximum absolute atomic E-state index is 5.28. The second kappa shape index (κ2) is 3.50. The van der Waals surface area contributed by atoms with Crippen molar-refractivity contribution >= 4 is 21.5 Å². The third-order valence-corrected chi connectivity index (χ3v) is 3.31. The van der Waals surface area contributed by atoms with Crippen LogP contribution in [-0.4, -0.2) is 0 Å². The van der Waals surface area contributed by atoms with Crippen LogP contribution < -0.4 is 0 Å². The summed E-state index contributed by atoms with van der Waals surface area (Å²) in [6.07, 6.45) is 7.10. The van der Waals surface area contributed by atoms with Crippen molar-refractivity contribution in [2.24, 2.45) is 0 Å². The molecular formula is C16H10O2. The van der Waals surface area contributed by atoms with Gasteiger partial charge in [-0.05, 0) is 17.2 Å². The zero-order valence-corrected chi connectivity index (χ0v) is 9.59. The third kappa shape index (κ3) is 1.29. The van der Waals surface area contributed by atoms with Gasteiger partial charge in [-0.25, -0.2) is 0 Å². The molecule has 0 radical (unpaired) electrons. The molecule has 0 aliphatic heterocycles.